The van der Waals surface area contributed by atoms with E-state index in [2.05, 4.69) is 0 Å². The van der Waals surface area contributed by atoms with Crippen LogP contribution in [0, 0.1) is 0 Å². The Morgan fingerprint density at radius 1 is 1.39 bits per heavy atom. The third-order valence-electron chi connectivity index (χ3n) is 3.93. The highest BCUT2D eigenvalue weighted by Crippen LogP contribution is 2.36. The average Bonchev–Trinajstić information content (AvgIpc) is 2.54. The molecule has 0 bridgehead atoms. The third kappa shape index (κ3) is 3.68. The largest absolute Gasteiger partial charge is 0.480 e. The summed E-state index contributed by atoms with van der Waals surface area (Å²) in [6.45, 7) is -0.00352. The molecule has 2 amide bonds. The van der Waals surface area contributed by atoms with Crippen molar-refractivity contribution in [2.75, 3.05) is 38.8 Å². The first-order valence-corrected chi connectivity index (χ1v) is 7.30. The molecule has 0 spiro atoms. The Balaban J connectivity index is 2.31. The number of fused-ring (bicyclic) bond motifs is 1. The van der Waals surface area contributed by atoms with Gasteiger partial charge in [-0.05, 0) is 11.6 Å². The maximum absolute atomic E-state index is 12.8. The Kier molecular flexibility index (Phi) is 5.33. The van der Waals surface area contributed by atoms with Gasteiger partial charge in [0.05, 0.1) is 12.5 Å². The van der Waals surface area contributed by atoms with Gasteiger partial charge in [0.2, 0.25) is 11.8 Å². The van der Waals surface area contributed by atoms with Crippen LogP contribution >= 0.6 is 0 Å². The van der Waals surface area contributed by atoms with Crippen molar-refractivity contribution in [3.05, 3.63) is 29.8 Å². The molecule has 0 fully saturated rings. The number of hydrogen-bond donors (Lipinski definition) is 1. The maximum Gasteiger partial charge on any atom is 0.323 e. The zero-order chi connectivity index (χ0) is 17.0. The first-order chi connectivity index (χ1) is 11.0. The molecule has 1 aromatic rings. The van der Waals surface area contributed by atoms with Gasteiger partial charge in [-0.2, -0.15) is 0 Å². The van der Waals surface area contributed by atoms with E-state index in [-0.39, 0.29) is 31.4 Å². The van der Waals surface area contributed by atoms with E-state index in [9.17, 15) is 14.4 Å². The molecule has 1 aromatic carbocycles. The number of carbonyl (C=O) groups excluding carboxylic acids is 2. The standard InChI is InChI=1S/C16H20N2O5/c1-17-13-6-4-3-5-11(13)12(9-14(17)19)16(22)18(7-8-23-2)10-15(20)21/h3-6,12H,7-10H2,1-2H3,(H,20,21). The summed E-state index contributed by atoms with van der Waals surface area (Å²) in [5.74, 6) is -2.28. The van der Waals surface area contributed by atoms with Gasteiger partial charge in [-0.3, -0.25) is 14.4 Å². The molecular formula is C16H20N2O5. The number of aliphatic carboxylic acids is 1. The van der Waals surface area contributed by atoms with Crippen LogP contribution in [0.5, 0.6) is 0 Å². The summed E-state index contributed by atoms with van der Waals surface area (Å²) in [5.41, 5.74) is 1.43. The van der Waals surface area contributed by atoms with Crippen molar-refractivity contribution >= 4 is 23.5 Å². The summed E-state index contributed by atoms with van der Waals surface area (Å²) in [5, 5.41) is 9.01. The van der Waals surface area contributed by atoms with Gasteiger partial charge in [0.25, 0.3) is 0 Å². The van der Waals surface area contributed by atoms with Crippen molar-refractivity contribution in [2.24, 2.45) is 0 Å². The highest BCUT2D eigenvalue weighted by atomic mass is 16.5. The number of ether oxygens (including phenoxy) is 1. The maximum atomic E-state index is 12.8. The molecule has 7 nitrogen and oxygen atoms in total. The second kappa shape index (κ2) is 7.23. The van der Waals surface area contributed by atoms with Crippen molar-refractivity contribution in [3.63, 3.8) is 0 Å². The van der Waals surface area contributed by atoms with E-state index in [0.29, 0.717) is 5.69 Å². The van der Waals surface area contributed by atoms with Crippen LogP contribution in [0.4, 0.5) is 5.69 Å². The van der Waals surface area contributed by atoms with Crippen LogP contribution in [0.1, 0.15) is 17.9 Å². The highest BCUT2D eigenvalue weighted by molar-refractivity contribution is 6.02. The van der Waals surface area contributed by atoms with Crippen LogP contribution in [0.15, 0.2) is 24.3 Å². The fraction of sp³-hybridized carbons (Fsp3) is 0.438. The summed E-state index contributed by atoms with van der Waals surface area (Å²) >= 11 is 0. The molecule has 2 rings (SSSR count). The van der Waals surface area contributed by atoms with Crippen molar-refractivity contribution in [1.82, 2.24) is 4.90 Å². The molecule has 1 aliphatic rings. The minimum Gasteiger partial charge on any atom is -0.480 e. The average molecular weight is 320 g/mol. The van der Waals surface area contributed by atoms with Gasteiger partial charge < -0.3 is 19.6 Å². The number of nitrogens with zero attached hydrogens (tertiary/aromatic N) is 2. The number of carboxylic acid groups (broad SMARTS) is 1. The molecule has 1 aliphatic heterocycles. The zero-order valence-corrected chi connectivity index (χ0v) is 13.2. The van der Waals surface area contributed by atoms with E-state index in [0.717, 1.165) is 5.56 Å². The van der Waals surface area contributed by atoms with Crippen LogP contribution in [-0.2, 0) is 19.1 Å². The molecule has 0 radical (unpaired) electrons. The first-order valence-electron chi connectivity index (χ1n) is 7.30. The molecule has 23 heavy (non-hydrogen) atoms. The predicted molar refractivity (Wildman–Crippen MR) is 83.3 cm³/mol. The Morgan fingerprint density at radius 3 is 2.74 bits per heavy atom. The minimum atomic E-state index is -1.10. The van der Waals surface area contributed by atoms with Gasteiger partial charge in [-0.25, -0.2) is 0 Å². The van der Waals surface area contributed by atoms with Crippen LogP contribution in [0.25, 0.3) is 0 Å². The van der Waals surface area contributed by atoms with Gasteiger partial charge in [0.1, 0.15) is 6.54 Å². The highest BCUT2D eigenvalue weighted by Gasteiger charge is 2.36. The van der Waals surface area contributed by atoms with Crippen molar-refractivity contribution < 1.29 is 24.2 Å². The molecule has 0 saturated carbocycles. The molecule has 1 N–H and O–H groups in total. The molecule has 1 heterocycles. The minimum absolute atomic E-state index is 0.0372. The second-order valence-corrected chi connectivity index (χ2v) is 5.41. The normalized spacial score (nSPS) is 16.9. The van der Waals surface area contributed by atoms with E-state index >= 15 is 0 Å². The number of carboxylic acids is 1. The first kappa shape index (κ1) is 17.0. The zero-order valence-electron chi connectivity index (χ0n) is 13.2. The Morgan fingerprint density at radius 2 is 2.09 bits per heavy atom. The second-order valence-electron chi connectivity index (χ2n) is 5.41. The third-order valence-corrected chi connectivity index (χ3v) is 3.93. The Bertz CT molecular complexity index is 616. The lowest BCUT2D eigenvalue weighted by Gasteiger charge is -2.33. The number of amides is 2. The van der Waals surface area contributed by atoms with E-state index in [1.54, 1.807) is 31.3 Å². The molecule has 1 unspecified atom stereocenters. The summed E-state index contributed by atoms with van der Waals surface area (Å²) in [6.07, 6.45) is 0.0372. The van der Waals surface area contributed by atoms with Gasteiger partial charge in [-0.1, -0.05) is 18.2 Å². The summed E-state index contributed by atoms with van der Waals surface area (Å²) < 4.78 is 4.94. The summed E-state index contributed by atoms with van der Waals surface area (Å²) in [7, 11) is 3.15. The van der Waals surface area contributed by atoms with E-state index in [1.807, 2.05) is 0 Å². The molecular weight excluding hydrogens is 300 g/mol. The lowest BCUT2D eigenvalue weighted by molar-refractivity contribution is -0.146. The molecule has 0 saturated heterocycles. The van der Waals surface area contributed by atoms with Gasteiger partial charge in [0, 0.05) is 32.8 Å². The van der Waals surface area contributed by atoms with Crippen molar-refractivity contribution in [1.29, 1.82) is 0 Å². The fourth-order valence-electron chi connectivity index (χ4n) is 2.72. The van der Waals surface area contributed by atoms with Gasteiger partial charge >= 0.3 is 5.97 Å². The quantitative estimate of drug-likeness (QED) is 0.833. The van der Waals surface area contributed by atoms with Crippen LogP contribution in [-0.4, -0.2) is 61.6 Å². The monoisotopic (exact) mass is 320 g/mol. The lowest BCUT2D eigenvalue weighted by Crippen LogP contribution is -2.44. The van der Waals surface area contributed by atoms with Crippen molar-refractivity contribution in [3.8, 4) is 0 Å². The molecule has 1 atom stereocenters. The molecule has 0 aromatic heterocycles. The number of para-hydroxylation sites is 1. The number of hydrogen-bond acceptors (Lipinski definition) is 4. The van der Waals surface area contributed by atoms with Crippen molar-refractivity contribution in [2.45, 2.75) is 12.3 Å². The molecule has 124 valence electrons. The SMILES string of the molecule is COCCN(CC(=O)O)C(=O)C1CC(=O)N(C)c2ccccc21. The fourth-order valence-corrected chi connectivity index (χ4v) is 2.72. The van der Waals surface area contributed by atoms with Crippen LogP contribution < -0.4 is 4.90 Å². The lowest BCUT2D eigenvalue weighted by atomic mass is 9.88. The Hall–Kier alpha value is -2.41. The van der Waals surface area contributed by atoms with Gasteiger partial charge in [0.15, 0.2) is 0 Å². The van der Waals surface area contributed by atoms with E-state index < -0.39 is 18.4 Å². The predicted octanol–water partition coefficient (Wildman–Crippen LogP) is 0.696. The van der Waals surface area contributed by atoms with E-state index in [4.69, 9.17) is 9.84 Å². The number of benzene rings is 1. The number of rotatable bonds is 6. The number of anilines is 1. The summed E-state index contributed by atoms with van der Waals surface area (Å²) in [4.78, 5) is 38.7. The number of methoxy groups -OCH3 is 1. The van der Waals surface area contributed by atoms with Gasteiger partial charge in [-0.15, -0.1) is 0 Å². The molecule has 0 aliphatic carbocycles. The Labute approximate surface area is 134 Å². The van der Waals surface area contributed by atoms with Crippen LogP contribution in [0.2, 0.25) is 0 Å². The van der Waals surface area contributed by atoms with Crippen LogP contribution in [0.3, 0.4) is 0 Å². The topological polar surface area (TPSA) is 87.1 Å². The molecule has 7 heteroatoms. The number of carbonyl (C=O) groups is 3. The van der Waals surface area contributed by atoms with E-state index in [1.165, 1.54) is 16.9 Å². The summed E-state index contributed by atoms with van der Waals surface area (Å²) in [6, 6.07) is 7.19. The smallest absolute Gasteiger partial charge is 0.323 e.